The van der Waals surface area contributed by atoms with Crippen LogP contribution in [0.1, 0.15) is 33.1 Å². The SMILES string of the molecule is CC(C)CCCCNS(=O)(=O)c1c(F)cc(N)cc1F. The van der Waals surface area contributed by atoms with Crippen molar-refractivity contribution in [3.8, 4) is 0 Å². The van der Waals surface area contributed by atoms with Crippen molar-refractivity contribution in [2.24, 2.45) is 5.92 Å². The molecule has 1 aromatic carbocycles. The van der Waals surface area contributed by atoms with Crippen LogP contribution in [0.5, 0.6) is 0 Å². The average molecular weight is 306 g/mol. The predicted molar refractivity (Wildman–Crippen MR) is 74.6 cm³/mol. The molecule has 0 spiro atoms. The zero-order valence-electron chi connectivity index (χ0n) is 11.6. The van der Waals surface area contributed by atoms with E-state index in [1.165, 1.54) is 0 Å². The van der Waals surface area contributed by atoms with Crippen LogP contribution in [0.15, 0.2) is 17.0 Å². The molecule has 20 heavy (non-hydrogen) atoms. The number of unbranched alkanes of at least 4 members (excludes halogenated alkanes) is 1. The highest BCUT2D eigenvalue weighted by Gasteiger charge is 2.24. The number of nitrogen functional groups attached to an aromatic ring is 1. The van der Waals surface area contributed by atoms with Crippen LogP contribution < -0.4 is 10.5 Å². The van der Waals surface area contributed by atoms with E-state index in [1.807, 2.05) is 0 Å². The lowest BCUT2D eigenvalue weighted by Crippen LogP contribution is -2.26. The van der Waals surface area contributed by atoms with E-state index in [2.05, 4.69) is 18.6 Å². The summed E-state index contributed by atoms with van der Waals surface area (Å²) in [5, 5.41) is 0. The number of benzene rings is 1. The van der Waals surface area contributed by atoms with Gasteiger partial charge in [0.1, 0.15) is 11.6 Å². The number of halogens is 2. The van der Waals surface area contributed by atoms with Crippen LogP contribution in [0.3, 0.4) is 0 Å². The number of hydrogen-bond acceptors (Lipinski definition) is 3. The Hall–Kier alpha value is -1.21. The molecule has 0 aliphatic heterocycles. The Kier molecular flexibility index (Phi) is 5.88. The summed E-state index contributed by atoms with van der Waals surface area (Å²) >= 11 is 0. The van der Waals surface area contributed by atoms with E-state index in [1.54, 1.807) is 0 Å². The van der Waals surface area contributed by atoms with Crippen LogP contribution in [0.2, 0.25) is 0 Å². The molecule has 3 N–H and O–H groups in total. The molecule has 0 fully saturated rings. The van der Waals surface area contributed by atoms with Crippen LogP contribution >= 0.6 is 0 Å². The fraction of sp³-hybridized carbons (Fsp3) is 0.538. The summed E-state index contributed by atoms with van der Waals surface area (Å²) in [5.41, 5.74) is 5.09. The maximum absolute atomic E-state index is 13.5. The normalized spacial score (nSPS) is 12.1. The van der Waals surface area contributed by atoms with E-state index in [-0.39, 0.29) is 12.2 Å². The molecule has 0 aliphatic carbocycles. The van der Waals surface area contributed by atoms with Gasteiger partial charge in [-0.05, 0) is 24.5 Å². The summed E-state index contributed by atoms with van der Waals surface area (Å²) in [5.74, 6) is -1.83. The first-order chi connectivity index (χ1) is 9.24. The molecule has 0 unspecified atom stereocenters. The van der Waals surface area contributed by atoms with Gasteiger partial charge >= 0.3 is 0 Å². The number of hydrogen-bond donors (Lipinski definition) is 2. The molecule has 0 heterocycles. The van der Waals surface area contributed by atoms with Crippen molar-refractivity contribution in [1.82, 2.24) is 4.72 Å². The Balaban J connectivity index is 2.70. The van der Waals surface area contributed by atoms with E-state index in [0.717, 1.165) is 25.0 Å². The smallest absolute Gasteiger partial charge is 0.246 e. The molecule has 1 rings (SSSR count). The first kappa shape index (κ1) is 16.8. The van der Waals surface area contributed by atoms with Crippen LogP contribution in [0, 0.1) is 17.6 Å². The van der Waals surface area contributed by atoms with Crippen LogP contribution in [-0.2, 0) is 10.0 Å². The van der Waals surface area contributed by atoms with Gasteiger partial charge in [0.25, 0.3) is 0 Å². The van der Waals surface area contributed by atoms with Gasteiger partial charge in [0.05, 0.1) is 0 Å². The van der Waals surface area contributed by atoms with Gasteiger partial charge in [-0.15, -0.1) is 0 Å². The van der Waals surface area contributed by atoms with Gasteiger partial charge in [0.2, 0.25) is 10.0 Å². The van der Waals surface area contributed by atoms with E-state index < -0.39 is 26.6 Å². The fourth-order valence-electron chi connectivity index (χ4n) is 1.79. The highest BCUT2D eigenvalue weighted by Crippen LogP contribution is 2.21. The van der Waals surface area contributed by atoms with E-state index in [9.17, 15) is 17.2 Å². The second kappa shape index (κ2) is 6.99. The van der Waals surface area contributed by atoms with E-state index >= 15 is 0 Å². The van der Waals surface area contributed by atoms with Gasteiger partial charge in [-0.3, -0.25) is 0 Å². The van der Waals surface area contributed by atoms with Crippen molar-refractivity contribution in [1.29, 1.82) is 0 Å². The average Bonchev–Trinajstić information content (AvgIpc) is 2.25. The minimum absolute atomic E-state index is 0.151. The summed E-state index contributed by atoms with van der Waals surface area (Å²) in [7, 11) is -4.19. The second-order valence-electron chi connectivity index (χ2n) is 5.10. The third kappa shape index (κ3) is 4.72. The molecular weight excluding hydrogens is 286 g/mol. The molecule has 0 aliphatic rings. The zero-order valence-corrected chi connectivity index (χ0v) is 12.4. The minimum Gasteiger partial charge on any atom is -0.399 e. The first-order valence-corrected chi connectivity index (χ1v) is 7.96. The van der Waals surface area contributed by atoms with Crippen LogP contribution in [0.25, 0.3) is 0 Å². The fourth-order valence-corrected chi connectivity index (χ4v) is 2.98. The highest BCUT2D eigenvalue weighted by molar-refractivity contribution is 7.89. The predicted octanol–water partition coefficient (Wildman–Crippen LogP) is 2.65. The molecule has 0 saturated carbocycles. The Morgan fingerprint density at radius 2 is 1.75 bits per heavy atom. The number of nitrogens with two attached hydrogens (primary N) is 1. The largest absolute Gasteiger partial charge is 0.399 e. The maximum atomic E-state index is 13.5. The third-order valence-electron chi connectivity index (χ3n) is 2.79. The van der Waals surface area contributed by atoms with Crippen molar-refractivity contribution >= 4 is 15.7 Å². The van der Waals surface area contributed by atoms with Crippen LogP contribution in [-0.4, -0.2) is 15.0 Å². The topological polar surface area (TPSA) is 72.2 Å². The second-order valence-corrected chi connectivity index (χ2v) is 6.80. The number of rotatable bonds is 7. The van der Waals surface area contributed by atoms with E-state index in [0.29, 0.717) is 12.3 Å². The molecule has 1 aromatic rings. The van der Waals surface area contributed by atoms with Gasteiger partial charge < -0.3 is 5.73 Å². The van der Waals surface area contributed by atoms with Crippen molar-refractivity contribution in [3.63, 3.8) is 0 Å². The lowest BCUT2D eigenvalue weighted by Gasteiger charge is -2.09. The molecule has 0 radical (unpaired) electrons. The Morgan fingerprint density at radius 1 is 1.20 bits per heavy atom. The molecule has 0 aromatic heterocycles. The number of sulfonamides is 1. The summed E-state index contributed by atoms with van der Waals surface area (Å²) in [6.45, 7) is 4.30. The van der Waals surface area contributed by atoms with Crippen molar-refractivity contribution in [3.05, 3.63) is 23.8 Å². The highest BCUT2D eigenvalue weighted by atomic mass is 32.2. The van der Waals surface area contributed by atoms with E-state index in [4.69, 9.17) is 5.73 Å². The molecule has 7 heteroatoms. The summed E-state index contributed by atoms with van der Waals surface area (Å²) in [6, 6.07) is 1.58. The standard InChI is InChI=1S/C13H20F2N2O2S/c1-9(2)5-3-4-6-17-20(18,19)13-11(14)7-10(16)8-12(13)15/h7-9,17H,3-6,16H2,1-2H3. The Labute approximate surface area is 118 Å². The molecule has 0 bridgehead atoms. The molecule has 114 valence electrons. The molecule has 0 atom stereocenters. The monoisotopic (exact) mass is 306 g/mol. The lowest BCUT2D eigenvalue weighted by atomic mass is 10.1. The number of anilines is 1. The van der Waals surface area contributed by atoms with Gasteiger partial charge in [0.15, 0.2) is 4.90 Å². The van der Waals surface area contributed by atoms with Gasteiger partial charge in [-0.25, -0.2) is 21.9 Å². The molecule has 4 nitrogen and oxygen atoms in total. The minimum atomic E-state index is -4.19. The van der Waals surface area contributed by atoms with Crippen molar-refractivity contribution in [2.75, 3.05) is 12.3 Å². The number of nitrogens with one attached hydrogen (secondary N) is 1. The van der Waals surface area contributed by atoms with Gasteiger partial charge in [0, 0.05) is 12.2 Å². The summed E-state index contributed by atoms with van der Waals surface area (Å²) < 4.78 is 53.0. The Morgan fingerprint density at radius 3 is 2.25 bits per heavy atom. The summed E-state index contributed by atoms with van der Waals surface area (Å²) in [6.07, 6.45) is 2.45. The van der Waals surface area contributed by atoms with Crippen molar-refractivity contribution < 1.29 is 17.2 Å². The summed E-state index contributed by atoms with van der Waals surface area (Å²) in [4.78, 5) is -0.976. The van der Waals surface area contributed by atoms with Crippen molar-refractivity contribution in [2.45, 2.75) is 38.0 Å². The molecular formula is C13H20F2N2O2S. The molecule has 0 amide bonds. The maximum Gasteiger partial charge on any atom is 0.246 e. The van der Waals surface area contributed by atoms with Crippen LogP contribution in [0.4, 0.5) is 14.5 Å². The quantitative estimate of drug-likeness (QED) is 0.601. The first-order valence-electron chi connectivity index (χ1n) is 6.48. The van der Waals surface area contributed by atoms with Gasteiger partial charge in [-0.1, -0.05) is 26.7 Å². The zero-order chi connectivity index (χ0) is 15.3. The molecule has 0 saturated heterocycles. The Bertz CT molecular complexity index is 536. The third-order valence-corrected chi connectivity index (χ3v) is 4.30. The van der Waals surface area contributed by atoms with Gasteiger partial charge in [-0.2, -0.15) is 0 Å². The lowest BCUT2D eigenvalue weighted by molar-refractivity contribution is 0.509.